The zero-order valence-corrected chi connectivity index (χ0v) is 10.4. The minimum absolute atomic E-state index is 0.635. The van der Waals surface area contributed by atoms with Crippen LogP contribution in [0.25, 0.3) is 0 Å². The van der Waals surface area contributed by atoms with E-state index in [-0.39, 0.29) is 0 Å². The van der Waals surface area contributed by atoms with Crippen LogP contribution in [-0.2, 0) is 15.6 Å². The summed E-state index contributed by atoms with van der Waals surface area (Å²) in [6.07, 6.45) is 2.43. The zero-order valence-electron chi connectivity index (χ0n) is 9.54. The molecule has 0 aromatic heterocycles. The van der Waals surface area contributed by atoms with Crippen molar-refractivity contribution in [2.24, 2.45) is 5.92 Å². The Labute approximate surface area is 103 Å². The van der Waals surface area contributed by atoms with Crippen LogP contribution in [-0.4, -0.2) is 22.4 Å². The maximum absolute atomic E-state index is 10.6. The summed E-state index contributed by atoms with van der Waals surface area (Å²) >= 11 is -2.33. The van der Waals surface area contributed by atoms with Crippen molar-refractivity contribution in [2.75, 3.05) is 18.7 Å². The van der Waals surface area contributed by atoms with Crippen LogP contribution in [0.5, 0.6) is 5.75 Å². The summed E-state index contributed by atoms with van der Waals surface area (Å²) in [7, 11) is 1.56. The lowest BCUT2D eigenvalue weighted by molar-refractivity contribution is 0.274. The van der Waals surface area contributed by atoms with Crippen molar-refractivity contribution in [1.82, 2.24) is 0 Å². The summed E-state index contributed by atoms with van der Waals surface area (Å²) in [5, 5.41) is 1.23. The van der Waals surface area contributed by atoms with Crippen molar-refractivity contribution < 1.29 is 17.8 Å². The van der Waals surface area contributed by atoms with Gasteiger partial charge in [0, 0.05) is 7.05 Å². The number of anilines is 1. The first-order valence-electron chi connectivity index (χ1n) is 5.41. The molecule has 94 valence electrons. The molecule has 2 rings (SSSR count). The highest BCUT2D eigenvalue weighted by Gasteiger charge is 2.22. The van der Waals surface area contributed by atoms with Gasteiger partial charge < -0.3 is 4.74 Å². The number of rotatable bonds is 6. The molecular weight excluding hydrogens is 242 g/mol. The summed E-state index contributed by atoms with van der Waals surface area (Å²) < 4.78 is 29.6. The number of hydrogen-bond donors (Lipinski definition) is 1. The van der Waals surface area contributed by atoms with Crippen LogP contribution in [0, 0.1) is 5.92 Å². The molecule has 1 unspecified atom stereocenters. The summed E-state index contributed by atoms with van der Waals surface area (Å²) in [6, 6.07) is 7.27. The maximum Gasteiger partial charge on any atom is 0.325 e. The van der Waals surface area contributed by atoms with Crippen LogP contribution in [0.1, 0.15) is 12.8 Å². The number of para-hydroxylation sites is 2. The Morgan fingerprint density at radius 3 is 2.82 bits per heavy atom. The molecular formula is C11H15NO4S. The smallest absolute Gasteiger partial charge is 0.325 e. The third-order valence-electron chi connectivity index (χ3n) is 2.55. The molecule has 1 aromatic carbocycles. The fourth-order valence-corrected chi connectivity index (χ4v) is 1.74. The van der Waals surface area contributed by atoms with Gasteiger partial charge >= 0.3 is 11.4 Å². The molecule has 1 atom stereocenters. The minimum Gasteiger partial charge on any atom is -0.491 e. The summed E-state index contributed by atoms with van der Waals surface area (Å²) in [5.41, 5.74) is 0.635. The summed E-state index contributed by atoms with van der Waals surface area (Å²) in [4.78, 5) is 0. The lowest BCUT2D eigenvalue weighted by atomic mass is 10.3. The van der Waals surface area contributed by atoms with Gasteiger partial charge in [0.05, 0.1) is 6.61 Å². The Hall–Kier alpha value is -1.11. The third kappa shape index (κ3) is 3.69. The molecule has 1 saturated carbocycles. The minimum atomic E-state index is -2.33. The molecule has 5 nitrogen and oxygen atoms in total. The molecule has 1 aliphatic rings. The van der Waals surface area contributed by atoms with E-state index in [1.165, 1.54) is 17.9 Å². The molecule has 1 fully saturated rings. The number of ether oxygens (including phenoxy) is 1. The van der Waals surface area contributed by atoms with Crippen molar-refractivity contribution in [1.29, 1.82) is 0 Å². The summed E-state index contributed by atoms with van der Waals surface area (Å²) in [6.45, 7) is 0.688. The van der Waals surface area contributed by atoms with Crippen molar-refractivity contribution in [2.45, 2.75) is 12.8 Å². The van der Waals surface area contributed by atoms with Crippen LogP contribution in [0.2, 0.25) is 0 Å². The number of nitrogens with zero attached hydrogens (tertiary/aromatic N) is 1. The highest BCUT2D eigenvalue weighted by molar-refractivity contribution is 7.74. The van der Waals surface area contributed by atoms with E-state index >= 15 is 0 Å². The van der Waals surface area contributed by atoms with E-state index in [2.05, 4.69) is 4.28 Å². The third-order valence-corrected chi connectivity index (χ3v) is 2.90. The first-order valence-corrected chi connectivity index (χ1v) is 6.45. The Balaban J connectivity index is 2.05. The Kier molecular flexibility index (Phi) is 3.98. The van der Waals surface area contributed by atoms with Gasteiger partial charge in [-0.05, 0) is 30.9 Å². The van der Waals surface area contributed by atoms with Gasteiger partial charge in [-0.3, -0.25) is 4.55 Å². The number of hydroxylamine groups is 1. The highest BCUT2D eigenvalue weighted by Crippen LogP contribution is 2.32. The standard InChI is InChI=1S/C11H15NO4S/c1-12(16-17(13)14)10-4-2-3-5-11(10)15-8-9-6-7-9/h2-5,9H,6-8H2,1H3,(H,13,14). The van der Waals surface area contributed by atoms with Crippen molar-refractivity contribution in [3.63, 3.8) is 0 Å². The number of benzene rings is 1. The van der Waals surface area contributed by atoms with Crippen LogP contribution < -0.4 is 9.80 Å². The van der Waals surface area contributed by atoms with Crippen LogP contribution in [0.15, 0.2) is 24.3 Å². The molecule has 0 spiro atoms. The average Bonchev–Trinajstić information content (AvgIpc) is 3.09. The second kappa shape index (κ2) is 5.48. The van der Waals surface area contributed by atoms with Gasteiger partial charge in [0.1, 0.15) is 11.4 Å². The van der Waals surface area contributed by atoms with Gasteiger partial charge in [0.15, 0.2) is 0 Å². The normalized spacial score (nSPS) is 16.6. The largest absolute Gasteiger partial charge is 0.491 e. The predicted molar refractivity (Wildman–Crippen MR) is 64.9 cm³/mol. The molecule has 1 aromatic rings. The monoisotopic (exact) mass is 257 g/mol. The molecule has 1 N–H and O–H groups in total. The van der Waals surface area contributed by atoms with E-state index < -0.39 is 11.4 Å². The Morgan fingerprint density at radius 2 is 2.18 bits per heavy atom. The summed E-state index contributed by atoms with van der Waals surface area (Å²) in [5.74, 6) is 1.31. The first-order chi connectivity index (χ1) is 8.16. The molecule has 0 aliphatic heterocycles. The molecule has 17 heavy (non-hydrogen) atoms. The average molecular weight is 257 g/mol. The van der Waals surface area contributed by atoms with Crippen molar-refractivity contribution in [3.8, 4) is 5.75 Å². The maximum atomic E-state index is 10.6. The van der Waals surface area contributed by atoms with E-state index in [9.17, 15) is 4.21 Å². The van der Waals surface area contributed by atoms with Gasteiger partial charge in [-0.2, -0.15) is 4.21 Å². The zero-order chi connectivity index (χ0) is 12.3. The lowest BCUT2D eigenvalue weighted by Gasteiger charge is -2.18. The Bertz CT molecular complexity index is 408. The molecule has 0 heterocycles. The second-order valence-electron chi connectivity index (χ2n) is 4.01. The molecule has 0 saturated heterocycles. The lowest BCUT2D eigenvalue weighted by Crippen LogP contribution is -2.19. The second-order valence-corrected chi connectivity index (χ2v) is 4.59. The van der Waals surface area contributed by atoms with E-state index in [0.29, 0.717) is 24.0 Å². The Morgan fingerprint density at radius 1 is 1.47 bits per heavy atom. The van der Waals surface area contributed by atoms with Gasteiger partial charge in [0.25, 0.3) is 0 Å². The van der Waals surface area contributed by atoms with Crippen molar-refractivity contribution >= 4 is 17.0 Å². The molecule has 1 aliphatic carbocycles. The molecule has 6 heteroatoms. The van der Waals surface area contributed by atoms with Gasteiger partial charge in [-0.15, -0.1) is 4.28 Å². The van der Waals surface area contributed by atoms with E-state index in [0.717, 1.165) is 0 Å². The van der Waals surface area contributed by atoms with Crippen LogP contribution >= 0.6 is 0 Å². The fourth-order valence-electron chi connectivity index (χ4n) is 1.47. The molecule has 0 amide bonds. The number of hydrogen-bond acceptors (Lipinski definition) is 4. The van der Waals surface area contributed by atoms with Crippen molar-refractivity contribution in [3.05, 3.63) is 24.3 Å². The van der Waals surface area contributed by atoms with E-state index in [1.807, 2.05) is 18.2 Å². The van der Waals surface area contributed by atoms with Gasteiger partial charge in [-0.25, -0.2) is 5.06 Å². The molecule has 0 bridgehead atoms. The van der Waals surface area contributed by atoms with E-state index in [4.69, 9.17) is 9.29 Å². The first kappa shape index (κ1) is 12.3. The van der Waals surface area contributed by atoms with E-state index in [1.54, 1.807) is 13.1 Å². The van der Waals surface area contributed by atoms with Crippen LogP contribution in [0.4, 0.5) is 5.69 Å². The topological polar surface area (TPSA) is 59.0 Å². The van der Waals surface area contributed by atoms with Crippen LogP contribution in [0.3, 0.4) is 0 Å². The van der Waals surface area contributed by atoms with Gasteiger partial charge in [0.2, 0.25) is 0 Å². The highest BCUT2D eigenvalue weighted by atomic mass is 32.2. The van der Waals surface area contributed by atoms with Gasteiger partial charge in [-0.1, -0.05) is 12.1 Å². The molecule has 0 radical (unpaired) electrons. The quantitative estimate of drug-likeness (QED) is 0.623. The predicted octanol–water partition coefficient (Wildman–Crippen LogP) is 1.98. The SMILES string of the molecule is CN(OS(=O)O)c1ccccc1OCC1CC1. The fraction of sp³-hybridized carbons (Fsp3) is 0.455.